The van der Waals surface area contributed by atoms with E-state index in [0.717, 1.165) is 34.7 Å². The third kappa shape index (κ3) is 5.11. The van der Waals surface area contributed by atoms with Crippen LogP contribution in [0.4, 0.5) is 13.9 Å². The van der Waals surface area contributed by atoms with E-state index in [9.17, 15) is 22.0 Å². The molecule has 0 spiro atoms. The summed E-state index contributed by atoms with van der Waals surface area (Å²) in [6, 6.07) is 9.42. The number of alkyl halides is 2. The number of carbonyl (C=O) groups is 1. The number of anilines is 1. The van der Waals surface area contributed by atoms with Crippen LogP contribution >= 0.6 is 34.5 Å². The van der Waals surface area contributed by atoms with Gasteiger partial charge in [-0.05, 0) is 42.0 Å². The van der Waals surface area contributed by atoms with Gasteiger partial charge in [0.15, 0.2) is 5.13 Å². The Hall–Kier alpha value is -2.07. The lowest BCUT2D eigenvalue weighted by molar-refractivity contribution is 0.102. The van der Waals surface area contributed by atoms with Gasteiger partial charge in [0.05, 0.1) is 4.90 Å². The second-order valence-corrected chi connectivity index (χ2v) is 9.71. The number of benzene rings is 2. The normalized spacial score (nSPS) is 11.6. The topological polar surface area (TPSA) is 76.1 Å². The Morgan fingerprint density at radius 3 is 2.45 bits per heavy atom. The van der Waals surface area contributed by atoms with Gasteiger partial charge in [-0.1, -0.05) is 29.3 Å². The summed E-state index contributed by atoms with van der Waals surface area (Å²) in [5, 5.41) is 3.97. The number of sulfone groups is 1. The summed E-state index contributed by atoms with van der Waals surface area (Å²) in [6.45, 7) is 0. The van der Waals surface area contributed by atoms with E-state index in [4.69, 9.17) is 23.2 Å². The van der Waals surface area contributed by atoms with E-state index in [1.165, 1.54) is 11.3 Å². The number of thiazole rings is 1. The number of aromatic nitrogens is 1. The van der Waals surface area contributed by atoms with E-state index in [1.807, 2.05) is 0 Å². The van der Waals surface area contributed by atoms with Crippen molar-refractivity contribution in [1.82, 2.24) is 4.98 Å². The van der Waals surface area contributed by atoms with Crippen molar-refractivity contribution in [2.24, 2.45) is 0 Å². The minimum Gasteiger partial charge on any atom is -0.298 e. The Kier molecular flexibility index (Phi) is 6.52. The zero-order chi connectivity index (χ0) is 21.2. The van der Waals surface area contributed by atoms with E-state index >= 15 is 0 Å². The maximum Gasteiger partial charge on any atom is 0.341 e. The van der Waals surface area contributed by atoms with Crippen molar-refractivity contribution in [2.45, 2.75) is 17.1 Å². The van der Waals surface area contributed by atoms with E-state index in [-0.39, 0.29) is 5.56 Å². The van der Waals surface area contributed by atoms with Gasteiger partial charge >= 0.3 is 5.76 Å². The molecule has 0 aliphatic rings. The van der Waals surface area contributed by atoms with E-state index in [0.29, 0.717) is 21.6 Å². The first-order valence-corrected chi connectivity index (χ1v) is 11.1. The molecular weight excluding hydrogens is 465 g/mol. The predicted molar refractivity (Wildman–Crippen MR) is 109 cm³/mol. The Morgan fingerprint density at radius 2 is 1.83 bits per heavy atom. The summed E-state index contributed by atoms with van der Waals surface area (Å²) >= 11 is 13.3. The quantitative estimate of drug-likeness (QED) is 0.524. The lowest BCUT2D eigenvalue weighted by Gasteiger charge is -2.05. The van der Waals surface area contributed by atoms with Crippen molar-refractivity contribution in [1.29, 1.82) is 0 Å². The number of rotatable bonds is 6. The Morgan fingerprint density at radius 1 is 1.14 bits per heavy atom. The first-order valence-electron chi connectivity index (χ1n) is 7.99. The molecule has 5 nitrogen and oxygen atoms in total. The second kappa shape index (κ2) is 8.74. The summed E-state index contributed by atoms with van der Waals surface area (Å²) < 4.78 is 48.0. The fraction of sp³-hybridized carbons (Fsp3) is 0.111. The van der Waals surface area contributed by atoms with Gasteiger partial charge in [0, 0.05) is 33.1 Å². The van der Waals surface area contributed by atoms with Gasteiger partial charge in [-0.15, -0.1) is 11.3 Å². The summed E-state index contributed by atoms with van der Waals surface area (Å²) in [4.78, 5) is 16.7. The average molecular weight is 477 g/mol. The molecule has 0 atom stereocenters. The van der Waals surface area contributed by atoms with Gasteiger partial charge in [-0.2, -0.15) is 8.78 Å². The van der Waals surface area contributed by atoms with Crippen LogP contribution < -0.4 is 5.32 Å². The highest BCUT2D eigenvalue weighted by Crippen LogP contribution is 2.27. The number of carbonyl (C=O) groups excluding carboxylic acids is 1. The lowest BCUT2D eigenvalue weighted by atomic mass is 10.1. The summed E-state index contributed by atoms with van der Waals surface area (Å²) in [7, 11) is -4.71. The van der Waals surface area contributed by atoms with Gasteiger partial charge in [-0.3, -0.25) is 10.1 Å². The Labute approximate surface area is 179 Å². The molecule has 0 fully saturated rings. The molecule has 0 radical (unpaired) electrons. The van der Waals surface area contributed by atoms with Crippen LogP contribution in [0.1, 0.15) is 20.8 Å². The molecule has 0 bridgehead atoms. The smallest absolute Gasteiger partial charge is 0.298 e. The highest BCUT2D eigenvalue weighted by atomic mass is 35.5. The van der Waals surface area contributed by atoms with Gasteiger partial charge in [0.25, 0.3) is 5.91 Å². The molecule has 2 aromatic carbocycles. The first-order chi connectivity index (χ1) is 13.7. The maximum atomic E-state index is 12.6. The molecule has 29 heavy (non-hydrogen) atoms. The molecule has 1 aromatic heterocycles. The molecule has 0 saturated heterocycles. The highest BCUT2D eigenvalue weighted by Gasteiger charge is 2.26. The number of nitrogens with one attached hydrogen (secondary N) is 1. The number of nitrogens with zero attached hydrogens (tertiary/aromatic N) is 1. The van der Waals surface area contributed by atoms with Gasteiger partial charge in [0.2, 0.25) is 9.84 Å². The van der Waals surface area contributed by atoms with E-state index in [1.54, 1.807) is 24.4 Å². The second-order valence-electron chi connectivity index (χ2n) is 5.83. The number of amides is 1. The van der Waals surface area contributed by atoms with Crippen LogP contribution in [-0.2, 0) is 16.3 Å². The van der Waals surface area contributed by atoms with Crippen molar-refractivity contribution in [2.75, 3.05) is 5.32 Å². The minimum atomic E-state index is -4.71. The van der Waals surface area contributed by atoms with Gasteiger partial charge in [0.1, 0.15) is 0 Å². The predicted octanol–water partition coefficient (Wildman–Crippen LogP) is 5.29. The molecule has 0 unspecified atom stereocenters. The van der Waals surface area contributed by atoms with Crippen molar-refractivity contribution in [3.05, 3.63) is 74.7 Å². The SMILES string of the molecule is O=C(Nc1ncc(Cc2ccc(Cl)cc2Cl)s1)c1ccc(S(=O)(=O)C(F)F)cc1. The molecule has 1 amide bonds. The highest BCUT2D eigenvalue weighted by molar-refractivity contribution is 7.91. The molecular formula is C18H12Cl2F2N2O3S2. The molecule has 0 aliphatic carbocycles. The van der Waals surface area contributed by atoms with E-state index in [2.05, 4.69) is 10.3 Å². The fourth-order valence-electron chi connectivity index (χ4n) is 2.37. The first kappa shape index (κ1) is 21.6. The molecule has 3 aromatic rings. The van der Waals surface area contributed by atoms with Crippen LogP contribution in [0, 0.1) is 0 Å². The molecule has 0 saturated carbocycles. The third-order valence-corrected chi connectivity index (χ3v) is 6.73. The maximum absolute atomic E-state index is 12.6. The molecule has 1 N–H and O–H groups in total. The molecule has 1 heterocycles. The van der Waals surface area contributed by atoms with Crippen molar-refractivity contribution in [3.63, 3.8) is 0 Å². The van der Waals surface area contributed by atoms with Crippen molar-refractivity contribution in [3.8, 4) is 0 Å². The van der Waals surface area contributed by atoms with Crippen LogP contribution in [0.2, 0.25) is 10.0 Å². The Balaban J connectivity index is 1.69. The number of hydrogen-bond acceptors (Lipinski definition) is 5. The van der Waals surface area contributed by atoms with Crippen LogP contribution in [-0.4, -0.2) is 25.1 Å². The molecule has 152 valence electrons. The van der Waals surface area contributed by atoms with Gasteiger partial charge in [-0.25, -0.2) is 13.4 Å². The molecule has 11 heteroatoms. The summed E-state index contributed by atoms with van der Waals surface area (Å²) in [5.74, 6) is -4.07. The lowest BCUT2D eigenvalue weighted by Crippen LogP contribution is -2.14. The van der Waals surface area contributed by atoms with Gasteiger partial charge < -0.3 is 0 Å². The fourth-order valence-corrected chi connectivity index (χ4v) is 4.39. The third-order valence-electron chi connectivity index (χ3n) is 3.83. The standard InChI is InChI=1S/C18H12Cl2F2N2O3S2/c19-12-4-1-11(15(20)8-12)7-13-9-23-18(28-13)24-16(25)10-2-5-14(6-3-10)29(26,27)17(21)22/h1-6,8-9,17H,7H2,(H,23,24,25). The Bertz CT molecular complexity index is 1150. The van der Waals surface area contributed by atoms with Crippen molar-refractivity contribution >= 4 is 55.4 Å². The van der Waals surface area contributed by atoms with Crippen LogP contribution in [0.3, 0.4) is 0 Å². The van der Waals surface area contributed by atoms with Crippen molar-refractivity contribution < 1.29 is 22.0 Å². The summed E-state index contributed by atoms with van der Waals surface area (Å²) in [6.07, 6.45) is 2.10. The number of hydrogen-bond donors (Lipinski definition) is 1. The van der Waals surface area contributed by atoms with Crippen LogP contribution in [0.5, 0.6) is 0 Å². The molecule has 0 aliphatic heterocycles. The largest absolute Gasteiger partial charge is 0.341 e. The minimum absolute atomic E-state index is 0.107. The van der Waals surface area contributed by atoms with E-state index < -0.39 is 26.4 Å². The van der Waals surface area contributed by atoms with Crippen LogP contribution in [0.15, 0.2) is 53.6 Å². The van der Waals surface area contributed by atoms with Crippen LogP contribution in [0.25, 0.3) is 0 Å². The monoisotopic (exact) mass is 476 g/mol. The zero-order valence-corrected chi connectivity index (χ0v) is 17.5. The molecule has 3 rings (SSSR count). The zero-order valence-electron chi connectivity index (χ0n) is 14.4. The average Bonchev–Trinajstić information content (AvgIpc) is 3.11. The number of halogens is 4. The summed E-state index contributed by atoms with van der Waals surface area (Å²) in [5.41, 5.74) is 0.962.